The summed E-state index contributed by atoms with van der Waals surface area (Å²) in [5, 5.41) is 2.75. The summed E-state index contributed by atoms with van der Waals surface area (Å²) in [4.78, 5) is 38.9. The topological polar surface area (TPSA) is 101 Å². The van der Waals surface area contributed by atoms with Gasteiger partial charge in [-0.05, 0) is 6.92 Å². The van der Waals surface area contributed by atoms with E-state index in [1.807, 2.05) is 30.3 Å². The third kappa shape index (κ3) is 2.98. The van der Waals surface area contributed by atoms with E-state index in [2.05, 4.69) is 31.8 Å². The highest BCUT2D eigenvalue weighted by Gasteiger charge is 2.10. The van der Waals surface area contributed by atoms with Crippen molar-refractivity contribution in [3.63, 3.8) is 0 Å². The molecule has 0 spiro atoms. The second kappa shape index (κ2) is 5.80. The van der Waals surface area contributed by atoms with Gasteiger partial charge in [-0.25, -0.2) is 9.97 Å². The standard InChI is InChI=1S/C16H13N5O2/c1-9(2)14(22)21-16-17-8-11-13(20-16)18-12(19-15(11)23)10-6-4-3-5-7-10/h3-8H,1H2,2H3,(H2,17,18,19,20,21,22,23). The zero-order valence-corrected chi connectivity index (χ0v) is 12.3. The average Bonchev–Trinajstić information content (AvgIpc) is 2.55. The number of hydrogen-bond acceptors (Lipinski definition) is 5. The fraction of sp³-hybridized carbons (Fsp3) is 0.0625. The van der Waals surface area contributed by atoms with E-state index < -0.39 is 5.91 Å². The summed E-state index contributed by atoms with van der Waals surface area (Å²) >= 11 is 0. The highest BCUT2D eigenvalue weighted by atomic mass is 16.1. The SMILES string of the molecule is C=C(C)C(=O)Nc1ncc2c(=O)[nH]c(-c3ccccc3)nc2n1. The van der Waals surface area contributed by atoms with Crippen molar-refractivity contribution in [2.75, 3.05) is 5.32 Å². The molecule has 0 saturated carbocycles. The number of carbonyl (C=O) groups excluding carboxylic acids is 1. The molecule has 114 valence electrons. The van der Waals surface area contributed by atoms with Crippen molar-refractivity contribution in [3.05, 3.63) is 59.0 Å². The van der Waals surface area contributed by atoms with E-state index in [-0.39, 0.29) is 22.5 Å². The summed E-state index contributed by atoms with van der Waals surface area (Å²) in [5.41, 5.74) is 0.960. The average molecular weight is 307 g/mol. The number of fused-ring (bicyclic) bond motifs is 1. The van der Waals surface area contributed by atoms with Crippen molar-refractivity contribution < 1.29 is 4.79 Å². The van der Waals surface area contributed by atoms with Crippen molar-refractivity contribution >= 4 is 22.9 Å². The molecule has 7 nitrogen and oxygen atoms in total. The number of aromatic nitrogens is 4. The number of nitrogens with one attached hydrogen (secondary N) is 2. The molecule has 0 unspecified atom stereocenters. The lowest BCUT2D eigenvalue weighted by Crippen LogP contribution is -2.16. The van der Waals surface area contributed by atoms with Gasteiger partial charge in [0.25, 0.3) is 11.5 Å². The molecule has 0 radical (unpaired) electrons. The number of carbonyl (C=O) groups is 1. The Balaban J connectivity index is 2.09. The Bertz CT molecular complexity index is 963. The molecule has 0 atom stereocenters. The first-order chi connectivity index (χ1) is 11.0. The molecule has 0 aliphatic rings. The molecule has 2 N–H and O–H groups in total. The predicted octanol–water partition coefficient (Wildman–Crippen LogP) is 1.89. The second-order valence-electron chi connectivity index (χ2n) is 4.95. The van der Waals surface area contributed by atoms with Crippen molar-refractivity contribution in [1.29, 1.82) is 0 Å². The molecule has 2 aromatic heterocycles. The zero-order chi connectivity index (χ0) is 16.4. The largest absolute Gasteiger partial charge is 0.306 e. The van der Waals surface area contributed by atoms with Crippen molar-refractivity contribution in [1.82, 2.24) is 19.9 Å². The zero-order valence-electron chi connectivity index (χ0n) is 12.3. The van der Waals surface area contributed by atoms with Crippen molar-refractivity contribution in [2.24, 2.45) is 0 Å². The fourth-order valence-electron chi connectivity index (χ4n) is 1.93. The highest BCUT2D eigenvalue weighted by Crippen LogP contribution is 2.15. The minimum absolute atomic E-state index is 0.0719. The summed E-state index contributed by atoms with van der Waals surface area (Å²) in [5.74, 6) is 0.0825. The number of rotatable bonds is 3. The first kappa shape index (κ1) is 14.6. The summed E-state index contributed by atoms with van der Waals surface area (Å²) in [6.45, 7) is 5.12. The number of aromatic amines is 1. The first-order valence-corrected chi connectivity index (χ1v) is 6.84. The lowest BCUT2D eigenvalue weighted by molar-refractivity contribution is -0.112. The molecule has 1 aromatic carbocycles. The lowest BCUT2D eigenvalue weighted by atomic mass is 10.2. The number of H-pyrrole nitrogens is 1. The lowest BCUT2D eigenvalue weighted by Gasteiger charge is -2.05. The molecule has 0 aliphatic heterocycles. The van der Waals surface area contributed by atoms with Crippen LogP contribution in [0, 0.1) is 0 Å². The normalized spacial score (nSPS) is 10.5. The molecule has 0 bridgehead atoms. The highest BCUT2D eigenvalue weighted by molar-refractivity contribution is 6.02. The van der Waals surface area contributed by atoms with Gasteiger partial charge >= 0.3 is 0 Å². The van der Waals surface area contributed by atoms with E-state index in [0.717, 1.165) is 5.56 Å². The Morgan fingerprint density at radius 2 is 1.96 bits per heavy atom. The molecule has 0 aliphatic carbocycles. The van der Waals surface area contributed by atoms with Crippen LogP contribution in [-0.2, 0) is 4.79 Å². The molecular formula is C16H13N5O2. The van der Waals surface area contributed by atoms with Crippen LogP contribution in [0.3, 0.4) is 0 Å². The van der Waals surface area contributed by atoms with Crippen LogP contribution in [0.4, 0.5) is 5.95 Å². The van der Waals surface area contributed by atoms with Gasteiger partial charge in [-0.1, -0.05) is 36.9 Å². The van der Waals surface area contributed by atoms with Crippen molar-refractivity contribution in [2.45, 2.75) is 6.92 Å². The number of hydrogen-bond donors (Lipinski definition) is 2. The van der Waals surface area contributed by atoms with Crippen LogP contribution in [-0.4, -0.2) is 25.8 Å². The quantitative estimate of drug-likeness (QED) is 0.720. The Morgan fingerprint density at radius 3 is 2.65 bits per heavy atom. The summed E-state index contributed by atoms with van der Waals surface area (Å²) in [7, 11) is 0. The summed E-state index contributed by atoms with van der Waals surface area (Å²) in [6.07, 6.45) is 1.33. The van der Waals surface area contributed by atoms with Gasteiger partial charge in [0.15, 0.2) is 5.65 Å². The number of anilines is 1. The Hall–Kier alpha value is -3.35. The van der Waals surface area contributed by atoms with Gasteiger partial charge in [-0.15, -0.1) is 0 Å². The van der Waals surface area contributed by atoms with E-state index >= 15 is 0 Å². The molecule has 3 aromatic rings. The monoisotopic (exact) mass is 307 g/mol. The van der Waals surface area contributed by atoms with Crippen LogP contribution >= 0.6 is 0 Å². The van der Waals surface area contributed by atoms with E-state index in [0.29, 0.717) is 11.4 Å². The first-order valence-electron chi connectivity index (χ1n) is 6.84. The van der Waals surface area contributed by atoms with Crippen molar-refractivity contribution in [3.8, 4) is 11.4 Å². The second-order valence-corrected chi connectivity index (χ2v) is 4.95. The van der Waals surface area contributed by atoms with Crippen LogP contribution in [0.15, 0.2) is 53.5 Å². The van der Waals surface area contributed by atoms with E-state index in [1.54, 1.807) is 6.92 Å². The fourth-order valence-corrected chi connectivity index (χ4v) is 1.93. The summed E-state index contributed by atoms with van der Waals surface area (Å²) in [6, 6.07) is 9.22. The van der Waals surface area contributed by atoms with Gasteiger partial charge in [0.2, 0.25) is 5.95 Å². The van der Waals surface area contributed by atoms with E-state index in [1.165, 1.54) is 6.20 Å². The maximum Gasteiger partial charge on any atom is 0.262 e. The molecule has 7 heteroatoms. The molecule has 1 amide bonds. The molecule has 3 rings (SSSR count). The van der Waals surface area contributed by atoms with Gasteiger partial charge in [0.1, 0.15) is 11.2 Å². The molecular weight excluding hydrogens is 294 g/mol. The van der Waals surface area contributed by atoms with Gasteiger partial charge in [0, 0.05) is 17.3 Å². The van der Waals surface area contributed by atoms with Gasteiger partial charge in [-0.3, -0.25) is 14.9 Å². The van der Waals surface area contributed by atoms with E-state index in [9.17, 15) is 9.59 Å². The number of nitrogens with zero attached hydrogens (tertiary/aromatic N) is 3. The van der Waals surface area contributed by atoms with Crippen LogP contribution < -0.4 is 10.9 Å². The van der Waals surface area contributed by atoms with E-state index in [4.69, 9.17) is 0 Å². The predicted molar refractivity (Wildman–Crippen MR) is 86.8 cm³/mol. The maximum absolute atomic E-state index is 12.1. The minimum Gasteiger partial charge on any atom is -0.306 e. The maximum atomic E-state index is 12.1. The third-order valence-corrected chi connectivity index (χ3v) is 3.12. The van der Waals surface area contributed by atoms with Crippen LogP contribution in [0.5, 0.6) is 0 Å². The Morgan fingerprint density at radius 1 is 1.22 bits per heavy atom. The van der Waals surface area contributed by atoms with Gasteiger partial charge < -0.3 is 4.98 Å². The number of benzene rings is 1. The van der Waals surface area contributed by atoms with Gasteiger partial charge in [0.05, 0.1) is 0 Å². The number of amides is 1. The van der Waals surface area contributed by atoms with Crippen LogP contribution in [0.1, 0.15) is 6.92 Å². The van der Waals surface area contributed by atoms with Crippen LogP contribution in [0.25, 0.3) is 22.4 Å². The molecule has 2 heterocycles. The summed E-state index contributed by atoms with van der Waals surface area (Å²) < 4.78 is 0. The van der Waals surface area contributed by atoms with Crippen LogP contribution in [0.2, 0.25) is 0 Å². The molecule has 0 saturated heterocycles. The molecule has 0 fully saturated rings. The molecule has 23 heavy (non-hydrogen) atoms. The minimum atomic E-state index is -0.391. The Kier molecular flexibility index (Phi) is 3.68. The van der Waals surface area contributed by atoms with Gasteiger partial charge in [-0.2, -0.15) is 4.98 Å². The third-order valence-electron chi connectivity index (χ3n) is 3.12. The smallest absolute Gasteiger partial charge is 0.262 e. The Labute approximate surface area is 131 Å².